The molecule has 0 aliphatic carbocycles. The van der Waals surface area contributed by atoms with Crippen LogP contribution in [-0.4, -0.2) is 49.9 Å². The van der Waals surface area contributed by atoms with Gasteiger partial charge in [-0.1, -0.05) is 29.8 Å². The van der Waals surface area contributed by atoms with E-state index < -0.39 is 10.0 Å². The average Bonchev–Trinajstić information content (AvgIpc) is 3.08. The number of morpholine rings is 1. The standard InChI is InChI=1S/C21H22N2O4S/c1-16-2-6-20(7-3-16)28(25,26)23-19(15-24)13-18-5-4-17(12-21(18)23)14-22-8-10-27-11-9-22/h2-7,12-13,15H,8-11,14H2,1H3. The maximum atomic E-state index is 13.3. The van der Waals surface area contributed by atoms with Crippen LogP contribution in [0.25, 0.3) is 10.9 Å². The van der Waals surface area contributed by atoms with Gasteiger partial charge in [-0.05, 0) is 36.8 Å². The largest absolute Gasteiger partial charge is 0.379 e. The second-order valence-electron chi connectivity index (χ2n) is 7.05. The van der Waals surface area contributed by atoms with Gasteiger partial charge in [0.25, 0.3) is 10.0 Å². The molecule has 0 unspecified atom stereocenters. The van der Waals surface area contributed by atoms with E-state index in [1.807, 2.05) is 25.1 Å². The second kappa shape index (κ2) is 7.50. The molecule has 146 valence electrons. The molecule has 0 atom stereocenters. The molecule has 6 nitrogen and oxygen atoms in total. The molecule has 3 aromatic rings. The first kappa shape index (κ1) is 18.9. The highest BCUT2D eigenvalue weighted by Gasteiger charge is 2.23. The molecule has 2 aromatic carbocycles. The SMILES string of the molecule is Cc1ccc(S(=O)(=O)n2c(C=O)cc3ccc(CN4CCOCC4)cc32)cc1. The minimum atomic E-state index is -3.88. The lowest BCUT2D eigenvalue weighted by Gasteiger charge is -2.26. The number of aldehydes is 1. The fourth-order valence-corrected chi connectivity index (χ4v) is 5.01. The molecule has 4 rings (SSSR count). The Kier molecular flexibility index (Phi) is 5.05. The summed E-state index contributed by atoms with van der Waals surface area (Å²) in [6.45, 7) is 5.72. The normalized spacial score (nSPS) is 15.8. The number of carbonyl (C=O) groups excluding carboxylic acids is 1. The predicted molar refractivity (Wildman–Crippen MR) is 107 cm³/mol. The van der Waals surface area contributed by atoms with Gasteiger partial charge in [0.05, 0.1) is 29.3 Å². The van der Waals surface area contributed by atoms with Crippen LogP contribution >= 0.6 is 0 Å². The third-order valence-electron chi connectivity index (χ3n) is 5.04. The summed E-state index contributed by atoms with van der Waals surface area (Å²) < 4.78 is 33.1. The van der Waals surface area contributed by atoms with Gasteiger partial charge in [-0.25, -0.2) is 12.4 Å². The van der Waals surface area contributed by atoms with Crippen molar-refractivity contribution in [2.45, 2.75) is 18.4 Å². The molecule has 1 aromatic heterocycles. The van der Waals surface area contributed by atoms with Gasteiger partial charge in [0.2, 0.25) is 0 Å². The molecule has 0 spiro atoms. The van der Waals surface area contributed by atoms with E-state index in [-0.39, 0.29) is 10.6 Å². The molecule has 28 heavy (non-hydrogen) atoms. The Bertz CT molecular complexity index is 1110. The Labute approximate surface area is 164 Å². The summed E-state index contributed by atoms with van der Waals surface area (Å²) in [6, 6.07) is 14.0. The van der Waals surface area contributed by atoms with Gasteiger partial charge in [-0.3, -0.25) is 9.69 Å². The number of hydrogen-bond donors (Lipinski definition) is 0. The summed E-state index contributed by atoms with van der Waals surface area (Å²) in [7, 11) is -3.88. The first-order valence-corrected chi connectivity index (χ1v) is 10.6. The summed E-state index contributed by atoms with van der Waals surface area (Å²) in [6.07, 6.45) is 0.591. The van der Waals surface area contributed by atoms with Gasteiger partial charge in [0.15, 0.2) is 6.29 Å². The van der Waals surface area contributed by atoms with Gasteiger partial charge in [-0.2, -0.15) is 0 Å². The topological polar surface area (TPSA) is 68.6 Å². The van der Waals surface area contributed by atoms with Crippen LogP contribution in [0.1, 0.15) is 21.6 Å². The van der Waals surface area contributed by atoms with Crippen molar-refractivity contribution < 1.29 is 17.9 Å². The van der Waals surface area contributed by atoms with Crippen molar-refractivity contribution in [3.05, 3.63) is 65.4 Å². The fraction of sp³-hybridized carbons (Fsp3) is 0.286. The third kappa shape index (κ3) is 3.48. The first-order valence-electron chi connectivity index (χ1n) is 9.21. The van der Waals surface area contributed by atoms with E-state index in [1.165, 1.54) is 0 Å². The number of aryl methyl sites for hydroxylation is 1. The van der Waals surface area contributed by atoms with E-state index in [0.717, 1.165) is 33.6 Å². The van der Waals surface area contributed by atoms with Crippen LogP contribution in [-0.2, 0) is 21.3 Å². The highest BCUT2D eigenvalue weighted by Crippen LogP contribution is 2.27. The number of hydrogen-bond acceptors (Lipinski definition) is 5. The zero-order valence-electron chi connectivity index (χ0n) is 15.7. The van der Waals surface area contributed by atoms with Crippen molar-refractivity contribution in [3.63, 3.8) is 0 Å². The van der Waals surface area contributed by atoms with E-state index in [9.17, 15) is 13.2 Å². The van der Waals surface area contributed by atoms with Crippen LogP contribution < -0.4 is 0 Å². The van der Waals surface area contributed by atoms with Crippen LogP contribution in [0.5, 0.6) is 0 Å². The fourth-order valence-electron chi connectivity index (χ4n) is 3.53. The minimum absolute atomic E-state index is 0.124. The van der Waals surface area contributed by atoms with E-state index >= 15 is 0 Å². The molecule has 0 saturated carbocycles. The summed E-state index contributed by atoms with van der Waals surface area (Å²) in [4.78, 5) is 14.1. The lowest BCUT2D eigenvalue weighted by Crippen LogP contribution is -2.35. The number of aromatic nitrogens is 1. The Hall–Kier alpha value is -2.48. The monoisotopic (exact) mass is 398 g/mol. The molecule has 0 amide bonds. The van der Waals surface area contributed by atoms with Crippen molar-refractivity contribution in [2.75, 3.05) is 26.3 Å². The zero-order valence-corrected chi connectivity index (χ0v) is 16.5. The molecule has 0 radical (unpaired) electrons. The van der Waals surface area contributed by atoms with Crippen LogP contribution in [0.4, 0.5) is 0 Å². The van der Waals surface area contributed by atoms with Crippen molar-refractivity contribution in [3.8, 4) is 0 Å². The molecule has 7 heteroatoms. The smallest absolute Gasteiger partial charge is 0.268 e. The average molecular weight is 398 g/mol. The summed E-state index contributed by atoms with van der Waals surface area (Å²) in [5, 5.41) is 0.725. The van der Waals surface area contributed by atoms with Crippen molar-refractivity contribution in [1.29, 1.82) is 0 Å². The summed E-state index contributed by atoms with van der Waals surface area (Å²) in [5.74, 6) is 0. The zero-order chi connectivity index (χ0) is 19.7. The maximum absolute atomic E-state index is 13.3. The predicted octanol–water partition coefficient (Wildman–Crippen LogP) is 2.83. The van der Waals surface area contributed by atoms with Crippen LogP contribution in [0.2, 0.25) is 0 Å². The summed E-state index contributed by atoms with van der Waals surface area (Å²) in [5.41, 5.74) is 2.62. The number of nitrogens with zero attached hydrogens (tertiary/aromatic N) is 2. The number of benzene rings is 2. The number of ether oxygens (including phenoxy) is 1. The quantitative estimate of drug-likeness (QED) is 0.618. The Morgan fingerprint density at radius 2 is 1.75 bits per heavy atom. The lowest BCUT2D eigenvalue weighted by molar-refractivity contribution is 0.0342. The first-order chi connectivity index (χ1) is 13.5. The Morgan fingerprint density at radius 1 is 1.04 bits per heavy atom. The number of fused-ring (bicyclic) bond motifs is 1. The van der Waals surface area contributed by atoms with Crippen LogP contribution in [0.3, 0.4) is 0 Å². The molecule has 0 N–H and O–H groups in total. The van der Waals surface area contributed by atoms with Gasteiger partial charge < -0.3 is 4.74 Å². The molecule has 1 saturated heterocycles. The number of rotatable bonds is 5. The summed E-state index contributed by atoms with van der Waals surface area (Å²) >= 11 is 0. The van der Waals surface area contributed by atoms with Gasteiger partial charge in [0.1, 0.15) is 0 Å². The van der Waals surface area contributed by atoms with E-state index in [0.29, 0.717) is 31.6 Å². The van der Waals surface area contributed by atoms with Gasteiger partial charge in [0, 0.05) is 25.0 Å². The molecule has 0 bridgehead atoms. The Balaban J connectivity index is 1.80. The van der Waals surface area contributed by atoms with Crippen LogP contribution in [0.15, 0.2) is 53.4 Å². The maximum Gasteiger partial charge on any atom is 0.268 e. The van der Waals surface area contributed by atoms with E-state index in [1.54, 1.807) is 30.3 Å². The highest BCUT2D eigenvalue weighted by molar-refractivity contribution is 7.90. The van der Waals surface area contributed by atoms with Crippen molar-refractivity contribution >= 4 is 27.2 Å². The van der Waals surface area contributed by atoms with Crippen molar-refractivity contribution in [2.24, 2.45) is 0 Å². The van der Waals surface area contributed by atoms with E-state index in [2.05, 4.69) is 4.90 Å². The number of carbonyl (C=O) groups is 1. The minimum Gasteiger partial charge on any atom is -0.379 e. The molecular weight excluding hydrogens is 376 g/mol. The third-order valence-corrected chi connectivity index (χ3v) is 6.80. The second-order valence-corrected chi connectivity index (χ2v) is 8.84. The van der Waals surface area contributed by atoms with Gasteiger partial charge >= 0.3 is 0 Å². The Morgan fingerprint density at radius 3 is 2.43 bits per heavy atom. The molecule has 2 heterocycles. The highest BCUT2D eigenvalue weighted by atomic mass is 32.2. The van der Waals surface area contributed by atoms with Crippen molar-refractivity contribution in [1.82, 2.24) is 8.87 Å². The van der Waals surface area contributed by atoms with E-state index in [4.69, 9.17) is 4.74 Å². The molecule has 1 fully saturated rings. The molecule has 1 aliphatic rings. The molecule has 1 aliphatic heterocycles. The van der Waals surface area contributed by atoms with Crippen LogP contribution in [0, 0.1) is 6.92 Å². The van der Waals surface area contributed by atoms with Gasteiger partial charge in [-0.15, -0.1) is 0 Å². The molecular formula is C21H22N2O4S. The lowest BCUT2D eigenvalue weighted by atomic mass is 10.1.